The molecule has 13 heteroatoms. The number of rotatable bonds is 8. The molecule has 0 aliphatic heterocycles. The number of tetrazole rings is 1. The van der Waals surface area contributed by atoms with Gasteiger partial charge in [0.05, 0.1) is 11.3 Å². The number of hydrogen-bond donors (Lipinski definition) is 3. The molecule has 2 heterocycles. The lowest BCUT2D eigenvalue weighted by Gasteiger charge is -2.08. The van der Waals surface area contributed by atoms with Gasteiger partial charge in [0.15, 0.2) is 9.84 Å². The molecule has 2 aromatic carbocycles. The van der Waals surface area contributed by atoms with Gasteiger partial charge in [0, 0.05) is 24.4 Å². The Morgan fingerprint density at radius 3 is 2.34 bits per heavy atom. The van der Waals surface area contributed by atoms with Gasteiger partial charge in [0.2, 0.25) is 11.7 Å². The zero-order valence-corrected chi connectivity index (χ0v) is 19.3. The number of benzene rings is 2. The van der Waals surface area contributed by atoms with Gasteiger partial charge < -0.3 is 10.6 Å². The smallest absolute Gasteiger partial charge is 0.270 e. The molecule has 0 saturated heterocycles. The molecule has 4 rings (SSSR count). The van der Waals surface area contributed by atoms with Gasteiger partial charge in [-0.15, -0.1) is 10.2 Å². The van der Waals surface area contributed by atoms with Crippen molar-refractivity contribution in [2.75, 3.05) is 11.6 Å². The Hall–Kier alpha value is -4.52. The average Bonchev–Trinajstić information content (AvgIpc) is 3.38. The van der Waals surface area contributed by atoms with Gasteiger partial charge in [-0.1, -0.05) is 36.4 Å². The van der Waals surface area contributed by atoms with E-state index >= 15 is 0 Å². The summed E-state index contributed by atoms with van der Waals surface area (Å²) in [6.07, 6.45) is 2.31. The average molecular weight is 493 g/mol. The number of nitrogens with one attached hydrogen (secondary N) is 3. The summed E-state index contributed by atoms with van der Waals surface area (Å²) < 4.78 is 23.1. The maximum absolute atomic E-state index is 12.5. The molecule has 4 aromatic rings. The second-order valence-corrected chi connectivity index (χ2v) is 9.56. The van der Waals surface area contributed by atoms with E-state index in [0.29, 0.717) is 11.4 Å². The zero-order valence-electron chi connectivity index (χ0n) is 18.5. The lowest BCUT2D eigenvalue weighted by Crippen LogP contribution is -2.24. The Bertz CT molecular complexity index is 1440. The van der Waals surface area contributed by atoms with Crippen molar-refractivity contribution in [1.29, 1.82) is 0 Å². The molecule has 0 spiro atoms. The summed E-state index contributed by atoms with van der Waals surface area (Å²) >= 11 is 0. The number of anilines is 1. The van der Waals surface area contributed by atoms with E-state index in [4.69, 9.17) is 0 Å². The lowest BCUT2D eigenvalue weighted by molar-refractivity contribution is -0.115. The Balaban J connectivity index is 1.32. The van der Waals surface area contributed by atoms with Crippen molar-refractivity contribution in [2.45, 2.75) is 17.9 Å². The molecule has 0 unspecified atom stereocenters. The van der Waals surface area contributed by atoms with Gasteiger partial charge in [0.25, 0.3) is 5.91 Å². The van der Waals surface area contributed by atoms with E-state index in [-0.39, 0.29) is 35.3 Å². The van der Waals surface area contributed by atoms with Crippen molar-refractivity contribution in [3.63, 3.8) is 0 Å². The number of H-pyrrole nitrogens is 1. The molecule has 0 saturated carbocycles. The van der Waals surface area contributed by atoms with Crippen molar-refractivity contribution >= 4 is 27.5 Å². The largest absolute Gasteiger partial charge is 0.347 e. The van der Waals surface area contributed by atoms with Gasteiger partial charge in [-0.2, -0.15) is 5.21 Å². The van der Waals surface area contributed by atoms with E-state index in [1.54, 1.807) is 12.1 Å². The summed E-state index contributed by atoms with van der Waals surface area (Å²) in [4.78, 5) is 33.0. The third kappa shape index (κ3) is 6.29. The summed E-state index contributed by atoms with van der Waals surface area (Å²) in [6.45, 7) is 0.264. The fourth-order valence-electron chi connectivity index (χ4n) is 3.11. The third-order valence-corrected chi connectivity index (χ3v) is 6.02. The van der Waals surface area contributed by atoms with Crippen molar-refractivity contribution in [3.8, 4) is 11.4 Å². The number of hydrogen-bond acceptors (Lipinski definition) is 9. The van der Waals surface area contributed by atoms with Crippen LogP contribution in [0.1, 0.15) is 21.6 Å². The third-order valence-electron chi connectivity index (χ3n) is 4.89. The second-order valence-electron chi connectivity index (χ2n) is 7.54. The number of nitrogens with zero attached hydrogens (tertiary/aromatic N) is 5. The zero-order chi connectivity index (χ0) is 24.8. The van der Waals surface area contributed by atoms with E-state index in [1.807, 2.05) is 24.3 Å². The molecule has 0 aliphatic rings. The van der Waals surface area contributed by atoms with Crippen LogP contribution in [-0.4, -0.2) is 57.1 Å². The molecule has 178 valence electrons. The first-order chi connectivity index (χ1) is 16.8. The van der Waals surface area contributed by atoms with Gasteiger partial charge in [-0.05, 0) is 28.5 Å². The number of carbonyl (C=O) groups excluding carboxylic acids is 2. The Morgan fingerprint density at radius 2 is 1.69 bits per heavy atom. The van der Waals surface area contributed by atoms with Crippen LogP contribution < -0.4 is 10.6 Å². The standard InChI is InChI=1S/C22H20N8O4S/c1-35(33,34)17-8-4-14(5-9-17)10-20(31)26-19-11-18(24-13-25-19)22(32)23-12-15-2-6-16(7-3-15)21-27-29-30-28-21/h2-9,11,13H,10,12H2,1H3,(H,23,32)(H,24,25,26,31)(H,27,28,29,30). The predicted molar refractivity (Wildman–Crippen MR) is 125 cm³/mol. The van der Waals surface area contributed by atoms with Gasteiger partial charge in [-0.3, -0.25) is 9.59 Å². The van der Waals surface area contributed by atoms with Crippen LogP contribution in [0, 0.1) is 0 Å². The minimum absolute atomic E-state index is 0.00935. The minimum atomic E-state index is -3.31. The SMILES string of the molecule is CS(=O)(=O)c1ccc(CC(=O)Nc2cc(C(=O)NCc3ccc(-c4nn[nH]n4)cc3)ncn2)cc1. The minimum Gasteiger partial charge on any atom is -0.347 e. The maximum atomic E-state index is 12.5. The van der Waals surface area contributed by atoms with Crippen LogP contribution in [0.2, 0.25) is 0 Å². The van der Waals surface area contributed by atoms with E-state index in [2.05, 4.69) is 41.2 Å². The van der Waals surface area contributed by atoms with Gasteiger partial charge in [0.1, 0.15) is 17.8 Å². The first kappa shape index (κ1) is 23.6. The number of aromatic nitrogens is 6. The van der Waals surface area contributed by atoms with Crippen LogP contribution in [0.3, 0.4) is 0 Å². The number of aromatic amines is 1. The quantitative estimate of drug-likeness (QED) is 0.326. The van der Waals surface area contributed by atoms with Crippen LogP contribution >= 0.6 is 0 Å². The molecule has 0 fully saturated rings. The Kier molecular flexibility index (Phi) is 6.87. The van der Waals surface area contributed by atoms with Gasteiger partial charge >= 0.3 is 0 Å². The topological polar surface area (TPSA) is 173 Å². The highest BCUT2D eigenvalue weighted by Gasteiger charge is 2.12. The summed E-state index contributed by atoms with van der Waals surface area (Å²) in [5, 5.41) is 19.1. The molecular weight excluding hydrogens is 472 g/mol. The van der Waals surface area contributed by atoms with Crippen LogP contribution in [0.15, 0.2) is 65.8 Å². The van der Waals surface area contributed by atoms with Crippen molar-refractivity contribution in [2.24, 2.45) is 0 Å². The summed E-state index contributed by atoms with van der Waals surface area (Å²) in [5.41, 5.74) is 2.37. The predicted octanol–water partition coefficient (Wildman–Crippen LogP) is 1.17. The van der Waals surface area contributed by atoms with Crippen LogP contribution in [0.4, 0.5) is 5.82 Å². The molecule has 35 heavy (non-hydrogen) atoms. The highest BCUT2D eigenvalue weighted by atomic mass is 32.2. The van der Waals surface area contributed by atoms with E-state index in [1.165, 1.54) is 24.5 Å². The van der Waals surface area contributed by atoms with Crippen molar-refractivity contribution < 1.29 is 18.0 Å². The molecule has 3 N–H and O–H groups in total. The first-order valence-corrected chi connectivity index (χ1v) is 12.2. The van der Waals surface area contributed by atoms with Crippen molar-refractivity contribution in [3.05, 3.63) is 77.7 Å². The van der Waals surface area contributed by atoms with Crippen LogP contribution in [-0.2, 0) is 27.6 Å². The summed E-state index contributed by atoms with van der Waals surface area (Å²) in [6, 6.07) is 14.7. The lowest BCUT2D eigenvalue weighted by atomic mass is 10.1. The number of sulfone groups is 1. The molecule has 2 amide bonds. The fourth-order valence-corrected chi connectivity index (χ4v) is 3.74. The van der Waals surface area contributed by atoms with Crippen LogP contribution in [0.25, 0.3) is 11.4 Å². The first-order valence-electron chi connectivity index (χ1n) is 10.3. The molecule has 2 aromatic heterocycles. The molecule has 0 aliphatic carbocycles. The molecular formula is C22H20N8O4S. The summed E-state index contributed by atoms with van der Waals surface area (Å²) in [7, 11) is -3.31. The molecule has 12 nitrogen and oxygen atoms in total. The highest BCUT2D eigenvalue weighted by Crippen LogP contribution is 2.14. The van der Waals surface area contributed by atoms with Crippen LogP contribution in [0.5, 0.6) is 0 Å². The summed E-state index contributed by atoms with van der Waals surface area (Å²) in [5.74, 6) is -0.153. The Morgan fingerprint density at radius 1 is 0.971 bits per heavy atom. The number of amides is 2. The fraction of sp³-hybridized carbons (Fsp3) is 0.136. The number of carbonyl (C=O) groups is 2. The Labute approximate surface area is 200 Å². The monoisotopic (exact) mass is 492 g/mol. The van der Waals surface area contributed by atoms with E-state index in [9.17, 15) is 18.0 Å². The molecule has 0 radical (unpaired) electrons. The molecule has 0 atom stereocenters. The molecule has 0 bridgehead atoms. The normalized spacial score (nSPS) is 11.1. The maximum Gasteiger partial charge on any atom is 0.270 e. The second kappa shape index (κ2) is 10.2. The van der Waals surface area contributed by atoms with E-state index < -0.39 is 15.7 Å². The van der Waals surface area contributed by atoms with Gasteiger partial charge in [-0.25, -0.2) is 18.4 Å². The highest BCUT2D eigenvalue weighted by molar-refractivity contribution is 7.90. The van der Waals surface area contributed by atoms with E-state index in [0.717, 1.165) is 17.4 Å². The van der Waals surface area contributed by atoms with Crippen molar-refractivity contribution in [1.82, 2.24) is 35.9 Å².